The van der Waals surface area contributed by atoms with Crippen molar-refractivity contribution >= 4 is 5.69 Å². The molecule has 0 amide bonds. The second kappa shape index (κ2) is 4.88. The minimum absolute atomic E-state index is 0.631. The number of anilines is 1. The van der Waals surface area contributed by atoms with Gasteiger partial charge in [0.2, 0.25) is 0 Å². The topological polar surface area (TPSA) is 6.48 Å². The van der Waals surface area contributed by atoms with Gasteiger partial charge < -0.3 is 9.80 Å². The fraction of sp³-hybridized carbons (Fsp3) is 0.368. The number of likely N-dealkylation sites (N-methyl/N-ethyl adjacent to an activating group) is 1. The van der Waals surface area contributed by atoms with Crippen LogP contribution in [0.4, 0.5) is 5.69 Å². The van der Waals surface area contributed by atoms with E-state index < -0.39 is 0 Å². The van der Waals surface area contributed by atoms with Crippen LogP contribution in [-0.4, -0.2) is 31.1 Å². The van der Waals surface area contributed by atoms with Gasteiger partial charge >= 0.3 is 0 Å². The summed E-state index contributed by atoms with van der Waals surface area (Å²) in [6.45, 7) is 5.58. The molecule has 2 heterocycles. The van der Waals surface area contributed by atoms with Crippen LogP contribution in [0, 0.1) is 6.92 Å². The van der Waals surface area contributed by atoms with E-state index in [0.717, 1.165) is 6.54 Å². The zero-order valence-electron chi connectivity index (χ0n) is 12.8. The molecular weight excluding hydrogens is 256 g/mol. The predicted molar refractivity (Wildman–Crippen MR) is 87.8 cm³/mol. The molecule has 2 aromatic carbocycles. The lowest BCUT2D eigenvalue weighted by molar-refractivity contribution is 0.402. The molecule has 4 rings (SSSR count). The number of rotatable bonds is 2. The summed E-state index contributed by atoms with van der Waals surface area (Å²) in [5, 5.41) is 0. The third kappa shape index (κ3) is 2.14. The van der Waals surface area contributed by atoms with Crippen LogP contribution in [-0.2, 0) is 6.54 Å². The average molecular weight is 278 g/mol. The van der Waals surface area contributed by atoms with Gasteiger partial charge in [-0.15, -0.1) is 0 Å². The van der Waals surface area contributed by atoms with E-state index in [-0.39, 0.29) is 0 Å². The Kier molecular flexibility index (Phi) is 3.00. The van der Waals surface area contributed by atoms with E-state index in [4.69, 9.17) is 0 Å². The average Bonchev–Trinajstić information content (AvgIpc) is 2.98. The van der Waals surface area contributed by atoms with Crippen molar-refractivity contribution in [3.8, 4) is 0 Å². The molecule has 108 valence electrons. The van der Waals surface area contributed by atoms with Crippen molar-refractivity contribution in [1.82, 2.24) is 4.90 Å². The molecule has 0 radical (unpaired) electrons. The predicted octanol–water partition coefficient (Wildman–Crippen LogP) is 3.41. The molecule has 2 atom stereocenters. The standard InChI is InChI=1S/C19H22N2/c1-14-8-9-18-16(10-14)17-12-20(2)13-19(17)21(18)11-15-6-4-3-5-7-15/h3-10,17,19H,11-13H2,1-2H3. The lowest BCUT2D eigenvalue weighted by Crippen LogP contribution is -2.35. The maximum atomic E-state index is 2.62. The maximum Gasteiger partial charge on any atom is 0.0502 e. The molecule has 0 spiro atoms. The van der Waals surface area contributed by atoms with Crippen LogP contribution in [0.3, 0.4) is 0 Å². The Labute approximate surface area is 127 Å². The van der Waals surface area contributed by atoms with Crippen molar-refractivity contribution in [1.29, 1.82) is 0 Å². The van der Waals surface area contributed by atoms with Gasteiger partial charge in [-0.3, -0.25) is 0 Å². The second-order valence-electron chi connectivity index (χ2n) is 6.57. The van der Waals surface area contributed by atoms with Gasteiger partial charge in [-0.25, -0.2) is 0 Å². The van der Waals surface area contributed by atoms with Gasteiger partial charge in [0.1, 0.15) is 0 Å². The van der Waals surface area contributed by atoms with E-state index >= 15 is 0 Å². The molecule has 2 unspecified atom stereocenters. The zero-order chi connectivity index (χ0) is 14.4. The molecule has 21 heavy (non-hydrogen) atoms. The second-order valence-corrected chi connectivity index (χ2v) is 6.57. The molecule has 2 heteroatoms. The van der Waals surface area contributed by atoms with Gasteiger partial charge in [0.05, 0.1) is 6.04 Å². The molecule has 0 saturated carbocycles. The van der Waals surface area contributed by atoms with E-state index in [0.29, 0.717) is 12.0 Å². The van der Waals surface area contributed by atoms with Crippen LogP contribution in [0.1, 0.15) is 22.6 Å². The SMILES string of the molecule is Cc1ccc2c(c1)C1CN(C)CC1N2Cc1ccccc1. The summed E-state index contributed by atoms with van der Waals surface area (Å²) >= 11 is 0. The van der Waals surface area contributed by atoms with E-state index in [1.807, 2.05) is 0 Å². The van der Waals surface area contributed by atoms with Crippen LogP contribution in [0.5, 0.6) is 0 Å². The Bertz CT molecular complexity index is 650. The Morgan fingerprint density at radius 1 is 1.05 bits per heavy atom. The highest BCUT2D eigenvalue weighted by atomic mass is 15.3. The highest BCUT2D eigenvalue weighted by molar-refractivity contribution is 5.64. The zero-order valence-corrected chi connectivity index (χ0v) is 12.8. The van der Waals surface area contributed by atoms with Crippen molar-refractivity contribution in [3.63, 3.8) is 0 Å². The molecule has 0 aliphatic carbocycles. The normalized spacial score (nSPS) is 24.2. The highest BCUT2D eigenvalue weighted by Crippen LogP contribution is 2.45. The molecule has 2 aliphatic heterocycles. The number of nitrogens with zero attached hydrogens (tertiary/aromatic N) is 2. The van der Waals surface area contributed by atoms with E-state index in [9.17, 15) is 0 Å². The van der Waals surface area contributed by atoms with Crippen LogP contribution in [0.25, 0.3) is 0 Å². The van der Waals surface area contributed by atoms with Gasteiger partial charge in [-0.1, -0.05) is 48.0 Å². The van der Waals surface area contributed by atoms with Crippen molar-refractivity contribution < 1.29 is 0 Å². The van der Waals surface area contributed by atoms with Crippen LogP contribution in [0.2, 0.25) is 0 Å². The monoisotopic (exact) mass is 278 g/mol. The highest BCUT2D eigenvalue weighted by Gasteiger charge is 2.43. The lowest BCUT2D eigenvalue weighted by Gasteiger charge is -2.27. The minimum atomic E-state index is 0.631. The fourth-order valence-corrected chi connectivity index (χ4v) is 3.99. The minimum Gasteiger partial charge on any atom is -0.362 e. The third-order valence-corrected chi connectivity index (χ3v) is 4.96. The molecule has 2 aliphatic rings. The summed E-state index contributed by atoms with van der Waals surface area (Å²) in [4.78, 5) is 5.09. The quantitative estimate of drug-likeness (QED) is 0.830. The molecule has 1 saturated heterocycles. The Hall–Kier alpha value is -1.80. The third-order valence-electron chi connectivity index (χ3n) is 4.96. The van der Waals surface area contributed by atoms with Gasteiger partial charge in [0, 0.05) is 31.2 Å². The molecule has 0 aromatic heterocycles. The first-order valence-electron chi connectivity index (χ1n) is 7.82. The van der Waals surface area contributed by atoms with Crippen LogP contribution in [0.15, 0.2) is 48.5 Å². The summed E-state index contributed by atoms with van der Waals surface area (Å²) in [6, 6.07) is 18.5. The van der Waals surface area contributed by atoms with Gasteiger partial charge in [-0.05, 0) is 31.2 Å². The number of likely N-dealkylation sites (tertiary alicyclic amines) is 1. The molecule has 0 bridgehead atoms. The van der Waals surface area contributed by atoms with E-state index in [1.165, 1.54) is 29.9 Å². The smallest absolute Gasteiger partial charge is 0.0502 e. The molecular formula is C19H22N2. The van der Waals surface area contributed by atoms with Crippen molar-refractivity contribution in [3.05, 3.63) is 65.2 Å². The number of aryl methyl sites for hydroxylation is 1. The Morgan fingerprint density at radius 3 is 2.67 bits per heavy atom. The molecule has 2 nitrogen and oxygen atoms in total. The number of hydrogen-bond acceptors (Lipinski definition) is 2. The molecule has 0 N–H and O–H groups in total. The largest absolute Gasteiger partial charge is 0.362 e. The van der Waals surface area contributed by atoms with Gasteiger partial charge in [0.15, 0.2) is 0 Å². The van der Waals surface area contributed by atoms with E-state index in [1.54, 1.807) is 5.56 Å². The van der Waals surface area contributed by atoms with Crippen molar-refractivity contribution in [2.24, 2.45) is 0 Å². The fourth-order valence-electron chi connectivity index (χ4n) is 3.99. The molecule has 1 fully saturated rings. The number of hydrogen-bond donors (Lipinski definition) is 0. The van der Waals surface area contributed by atoms with Gasteiger partial charge in [-0.2, -0.15) is 0 Å². The number of fused-ring (bicyclic) bond motifs is 3. The van der Waals surface area contributed by atoms with Crippen molar-refractivity contribution in [2.45, 2.75) is 25.4 Å². The summed E-state index contributed by atoms with van der Waals surface area (Å²) in [5.74, 6) is 0.675. The van der Waals surface area contributed by atoms with Crippen LogP contribution >= 0.6 is 0 Å². The van der Waals surface area contributed by atoms with Gasteiger partial charge in [0.25, 0.3) is 0 Å². The van der Waals surface area contributed by atoms with Crippen molar-refractivity contribution in [2.75, 3.05) is 25.0 Å². The summed E-state index contributed by atoms with van der Waals surface area (Å²) in [7, 11) is 2.24. The maximum absolute atomic E-state index is 2.62. The molecule has 2 aromatic rings. The first-order chi connectivity index (χ1) is 10.2. The summed E-state index contributed by atoms with van der Waals surface area (Å²) < 4.78 is 0. The Balaban J connectivity index is 1.73. The Morgan fingerprint density at radius 2 is 1.86 bits per heavy atom. The summed E-state index contributed by atoms with van der Waals surface area (Å²) in [5.41, 5.74) is 5.79. The summed E-state index contributed by atoms with van der Waals surface area (Å²) in [6.07, 6.45) is 0. The van der Waals surface area contributed by atoms with Crippen LogP contribution < -0.4 is 4.90 Å². The van der Waals surface area contributed by atoms with E-state index in [2.05, 4.69) is 72.3 Å². The lowest BCUT2D eigenvalue weighted by atomic mass is 9.97. The first-order valence-corrected chi connectivity index (χ1v) is 7.82. The number of benzene rings is 2. The first kappa shape index (κ1) is 12.9.